The van der Waals surface area contributed by atoms with Crippen LogP contribution in [0.25, 0.3) is 11.1 Å². The van der Waals surface area contributed by atoms with E-state index in [1.807, 2.05) is 0 Å². The molecule has 0 unspecified atom stereocenters. The van der Waals surface area contributed by atoms with E-state index in [2.05, 4.69) is 88.4 Å². The van der Waals surface area contributed by atoms with Gasteiger partial charge in [0.25, 0.3) is 0 Å². The van der Waals surface area contributed by atoms with Crippen LogP contribution in [-0.2, 0) is 19.3 Å². The first-order chi connectivity index (χ1) is 15.5. The summed E-state index contributed by atoms with van der Waals surface area (Å²) in [4.78, 5) is 0. The second kappa shape index (κ2) is 10.5. The van der Waals surface area contributed by atoms with E-state index >= 15 is 0 Å². The Hall–Kier alpha value is -2.34. The zero-order valence-electron chi connectivity index (χ0n) is 20.6. The van der Waals surface area contributed by atoms with Gasteiger partial charge in [0.05, 0.1) is 0 Å². The van der Waals surface area contributed by atoms with Crippen LogP contribution in [0.1, 0.15) is 72.4 Å². The molecular weight excluding hydrogens is 384 g/mol. The molecule has 0 spiro atoms. The molecule has 3 aromatic rings. The van der Waals surface area contributed by atoms with Gasteiger partial charge >= 0.3 is 0 Å². The average molecular weight is 425 g/mol. The summed E-state index contributed by atoms with van der Waals surface area (Å²) in [6.07, 6.45) is 10.5. The van der Waals surface area contributed by atoms with Gasteiger partial charge in [-0.3, -0.25) is 0 Å². The molecule has 0 saturated heterocycles. The van der Waals surface area contributed by atoms with Crippen LogP contribution in [0.3, 0.4) is 0 Å². The Balaban J connectivity index is 1.38. The minimum absolute atomic E-state index is 0.944. The normalized spacial score (nSPS) is 18.6. The summed E-state index contributed by atoms with van der Waals surface area (Å²) < 4.78 is 0. The zero-order chi connectivity index (χ0) is 22.5. The smallest absolute Gasteiger partial charge is 0.0154 e. The Kier molecular flexibility index (Phi) is 7.51. The minimum Gasteiger partial charge on any atom is -0.0625 e. The van der Waals surface area contributed by atoms with Crippen molar-refractivity contribution in [2.75, 3.05) is 0 Å². The van der Waals surface area contributed by atoms with Gasteiger partial charge in [0.2, 0.25) is 0 Å². The molecule has 0 heterocycles. The average Bonchev–Trinajstić information content (AvgIpc) is 2.79. The van der Waals surface area contributed by atoms with Crippen molar-refractivity contribution < 1.29 is 0 Å². The number of benzene rings is 3. The molecule has 32 heavy (non-hydrogen) atoms. The second-order valence-corrected chi connectivity index (χ2v) is 10.4. The highest BCUT2D eigenvalue weighted by Crippen LogP contribution is 2.32. The van der Waals surface area contributed by atoms with E-state index in [4.69, 9.17) is 0 Å². The summed E-state index contributed by atoms with van der Waals surface area (Å²) in [5.74, 6) is 1.89. The first-order valence-corrected chi connectivity index (χ1v) is 12.7. The van der Waals surface area contributed by atoms with Crippen LogP contribution in [0.4, 0.5) is 0 Å². The molecule has 0 radical (unpaired) electrons. The molecule has 0 aliphatic heterocycles. The van der Waals surface area contributed by atoms with Crippen molar-refractivity contribution in [2.24, 2.45) is 11.8 Å². The number of rotatable bonds is 7. The van der Waals surface area contributed by atoms with Crippen molar-refractivity contribution >= 4 is 0 Å². The van der Waals surface area contributed by atoms with Crippen LogP contribution in [0.15, 0.2) is 60.7 Å². The standard InChI is InChI=1S/C32H40/c1-23-5-9-27(10-6-23)13-14-29-16-20-32(26(4)21-29)31-19-18-30(25(3)22-31)17-15-28-11-7-24(2)8-12-28/h5-6,9-10,16,18-22,24,28H,7-8,11-15,17H2,1-4H3. The molecule has 4 rings (SSSR count). The maximum absolute atomic E-state index is 2.41. The van der Waals surface area contributed by atoms with Gasteiger partial charge in [-0.15, -0.1) is 0 Å². The minimum atomic E-state index is 0.944. The predicted molar refractivity (Wildman–Crippen MR) is 139 cm³/mol. The van der Waals surface area contributed by atoms with Crippen LogP contribution < -0.4 is 0 Å². The van der Waals surface area contributed by atoms with Crippen molar-refractivity contribution in [3.05, 3.63) is 94.0 Å². The van der Waals surface area contributed by atoms with Gasteiger partial charge in [0.15, 0.2) is 0 Å². The summed E-state index contributed by atoms with van der Waals surface area (Å²) in [5, 5.41) is 0. The van der Waals surface area contributed by atoms with Crippen molar-refractivity contribution in [2.45, 2.75) is 79.1 Å². The van der Waals surface area contributed by atoms with E-state index in [1.165, 1.54) is 77.5 Å². The van der Waals surface area contributed by atoms with Gasteiger partial charge in [-0.25, -0.2) is 0 Å². The predicted octanol–water partition coefficient (Wildman–Crippen LogP) is 8.82. The van der Waals surface area contributed by atoms with Gasteiger partial charge in [-0.05, 0) is 97.2 Å². The third-order valence-electron chi connectivity index (χ3n) is 7.72. The summed E-state index contributed by atoms with van der Waals surface area (Å²) in [6, 6.07) is 23.1. The van der Waals surface area contributed by atoms with E-state index in [-0.39, 0.29) is 0 Å². The lowest BCUT2D eigenvalue weighted by atomic mass is 9.80. The Bertz CT molecular complexity index is 1020. The molecule has 1 saturated carbocycles. The molecule has 0 atom stereocenters. The van der Waals surface area contributed by atoms with Crippen LogP contribution in [0.2, 0.25) is 0 Å². The molecule has 1 fully saturated rings. The maximum Gasteiger partial charge on any atom is -0.0154 e. The van der Waals surface area contributed by atoms with Gasteiger partial charge in [0, 0.05) is 0 Å². The Morgan fingerprint density at radius 1 is 0.656 bits per heavy atom. The van der Waals surface area contributed by atoms with E-state index < -0.39 is 0 Å². The quantitative estimate of drug-likeness (QED) is 0.355. The largest absolute Gasteiger partial charge is 0.0625 e. The van der Waals surface area contributed by atoms with Gasteiger partial charge in [-0.1, -0.05) is 98.8 Å². The first kappa shape index (κ1) is 22.8. The third-order valence-corrected chi connectivity index (χ3v) is 7.72. The van der Waals surface area contributed by atoms with E-state index in [1.54, 1.807) is 5.56 Å². The molecule has 168 valence electrons. The number of hydrogen-bond acceptors (Lipinski definition) is 0. The van der Waals surface area contributed by atoms with Crippen LogP contribution in [0, 0.1) is 32.6 Å². The summed E-state index contributed by atoms with van der Waals surface area (Å²) in [7, 11) is 0. The second-order valence-electron chi connectivity index (χ2n) is 10.4. The lowest BCUT2D eigenvalue weighted by Crippen LogP contribution is -2.13. The maximum atomic E-state index is 2.41. The van der Waals surface area contributed by atoms with Crippen LogP contribution in [0.5, 0.6) is 0 Å². The van der Waals surface area contributed by atoms with Crippen molar-refractivity contribution in [1.82, 2.24) is 0 Å². The zero-order valence-corrected chi connectivity index (χ0v) is 20.6. The van der Waals surface area contributed by atoms with E-state index in [0.29, 0.717) is 0 Å². The van der Waals surface area contributed by atoms with Gasteiger partial charge < -0.3 is 0 Å². The van der Waals surface area contributed by atoms with E-state index in [0.717, 1.165) is 24.7 Å². The van der Waals surface area contributed by atoms with Crippen molar-refractivity contribution in [3.8, 4) is 11.1 Å². The lowest BCUT2D eigenvalue weighted by molar-refractivity contribution is 0.277. The third kappa shape index (κ3) is 5.91. The molecule has 0 heteroatoms. The molecule has 1 aliphatic carbocycles. The highest BCUT2D eigenvalue weighted by atomic mass is 14.2. The Morgan fingerprint density at radius 3 is 2.03 bits per heavy atom. The molecule has 0 aromatic heterocycles. The number of hydrogen-bond donors (Lipinski definition) is 0. The molecule has 1 aliphatic rings. The summed E-state index contributed by atoms with van der Waals surface area (Å²) in [6.45, 7) is 9.13. The fourth-order valence-electron chi connectivity index (χ4n) is 5.37. The molecular formula is C32H40. The molecule has 3 aromatic carbocycles. The highest BCUT2D eigenvalue weighted by molar-refractivity contribution is 5.68. The molecule has 0 amide bonds. The molecule has 0 N–H and O–H groups in total. The van der Waals surface area contributed by atoms with E-state index in [9.17, 15) is 0 Å². The topological polar surface area (TPSA) is 0 Å². The lowest BCUT2D eigenvalue weighted by Gasteiger charge is -2.26. The number of aryl methyl sites for hydroxylation is 6. The monoisotopic (exact) mass is 424 g/mol. The van der Waals surface area contributed by atoms with Crippen molar-refractivity contribution in [1.29, 1.82) is 0 Å². The summed E-state index contributed by atoms with van der Waals surface area (Å²) >= 11 is 0. The summed E-state index contributed by atoms with van der Waals surface area (Å²) in [5.41, 5.74) is 11.3. The van der Waals surface area contributed by atoms with Crippen LogP contribution >= 0.6 is 0 Å². The first-order valence-electron chi connectivity index (χ1n) is 12.7. The fourth-order valence-corrected chi connectivity index (χ4v) is 5.37. The van der Waals surface area contributed by atoms with Gasteiger partial charge in [0.1, 0.15) is 0 Å². The van der Waals surface area contributed by atoms with Crippen molar-refractivity contribution in [3.63, 3.8) is 0 Å². The Labute approximate surface area is 196 Å². The van der Waals surface area contributed by atoms with Crippen LogP contribution in [-0.4, -0.2) is 0 Å². The highest BCUT2D eigenvalue weighted by Gasteiger charge is 2.18. The van der Waals surface area contributed by atoms with Gasteiger partial charge in [-0.2, -0.15) is 0 Å². The fraction of sp³-hybridized carbons (Fsp3) is 0.438. The molecule has 0 nitrogen and oxygen atoms in total. The molecule has 0 bridgehead atoms. The Morgan fingerprint density at radius 2 is 1.34 bits per heavy atom. The SMILES string of the molecule is Cc1ccc(CCc2ccc(-c3ccc(CCC4CCC(C)CC4)c(C)c3)c(C)c2)cc1.